The summed E-state index contributed by atoms with van der Waals surface area (Å²) in [6.45, 7) is 6.71. The van der Waals surface area contributed by atoms with E-state index >= 15 is 0 Å². The summed E-state index contributed by atoms with van der Waals surface area (Å²) in [6.07, 6.45) is 0.986. The first-order chi connectivity index (χ1) is 9.67. The normalized spacial score (nSPS) is 29.9. The summed E-state index contributed by atoms with van der Waals surface area (Å²) in [6, 6.07) is 0.833. The molecular weight excluding hydrogens is 276 g/mol. The van der Waals surface area contributed by atoms with Crippen molar-refractivity contribution in [2.45, 2.75) is 18.6 Å². The number of ether oxygens (including phenoxy) is 1. The van der Waals surface area contributed by atoms with Gasteiger partial charge in [-0.1, -0.05) is 0 Å². The highest BCUT2D eigenvalue weighted by Crippen LogP contribution is 2.21. The van der Waals surface area contributed by atoms with Gasteiger partial charge in [-0.05, 0) is 13.5 Å². The molecule has 0 aromatic rings. The van der Waals surface area contributed by atoms with Gasteiger partial charge in [0.15, 0.2) is 0 Å². The Kier molecular flexibility index (Phi) is 6.41. The summed E-state index contributed by atoms with van der Waals surface area (Å²) >= 11 is 0. The molecule has 0 amide bonds. The fraction of sp³-hybridized carbons (Fsp3) is 1.00. The van der Waals surface area contributed by atoms with E-state index in [1.807, 2.05) is 0 Å². The second-order valence-electron chi connectivity index (χ2n) is 5.61. The van der Waals surface area contributed by atoms with Crippen LogP contribution in [0.15, 0.2) is 0 Å². The lowest BCUT2D eigenvalue weighted by atomic mass is 10.3. The molecule has 0 bridgehead atoms. The van der Waals surface area contributed by atoms with Gasteiger partial charge in [0.25, 0.3) is 0 Å². The summed E-state index contributed by atoms with van der Waals surface area (Å²) in [4.78, 5) is 4.80. The van der Waals surface area contributed by atoms with Gasteiger partial charge in [-0.2, -0.15) is 0 Å². The van der Waals surface area contributed by atoms with Crippen molar-refractivity contribution in [2.75, 3.05) is 67.2 Å². The molecule has 2 aliphatic rings. The van der Waals surface area contributed by atoms with Crippen molar-refractivity contribution in [2.24, 2.45) is 0 Å². The van der Waals surface area contributed by atoms with E-state index in [2.05, 4.69) is 16.8 Å². The first-order valence-electron chi connectivity index (χ1n) is 7.44. The Morgan fingerprint density at radius 2 is 1.85 bits per heavy atom. The molecule has 2 rings (SSSR count). The van der Waals surface area contributed by atoms with Crippen LogP contribution in [0.3, 0.4) is 0 Å². The number of piperazine rings is 1. The average molecular weight is 304 g/mol. The van der Waals surface area contributed by atoms with Crippen LogP contribution in [-0.4, -0.2) is 91.9 Å². The highest BCUT2D eigenvalue weighted by molar-refractivity contribution is 6.60. The predicted molar refractivity (Wildman–Crippen MR) is 78.8 cm³/mol. The average Bonchev–Trinajstić information content (AvgIpc) is 2.44. The highest BCUT2D eigenvalue weighted by Gasteiger charge is 2.42. The lowest BCUT2D eigenvalue weighted by Crippen LogP contribution is -2.54. The quantitative estimate of drug-likeness (QED) is 0.695. The summed E-state index contributed by atoms with van der Waals surface area (Å²) in [5.74, 6) is 0. The fourth-order valence-corrected chi connectivity index (χ4v) is 4.86. The third-order valence-corrected chi connectivity index (χ3v) is 7.00. The van der Waals surface area contributed by atoms with Crippen LogP contribution in [0, 0.1) is 0 Å². The van der Waals surface area contributed by atoms with Crippen LogP contribution >= 0.6 is 0 Å². The summed E-state index contributed by atoms with van der Waals surface area (Å²) in [5.41, 5.74) is 0. The van der Waals surface area contributed by atoms with E-state index in [9.17, 15) is 0 Å². The predicted octanol–water partition coefficient (Wildman–Crippen LogP) is 0.271. The number of hydrogen-bond donors (Lipinski definition) is 0. The van der Waals surface area contributed by atoms with Crippen LogP contribution in [-0.2, 0) is 18.0 Å². The van der Waals surface area contributed by atoms with Crippen molar-refractivity contribution in [1.82, 2.24) is 9.80 Å². The zero-order chi connectivity index (χ0) is 14.4. The standard InChI is InChI=1S/C13H28N2O4Si/c1-14-5-7-15(8-6-14)11-13-12-18-9-4-10-20(16-2,17-3)19-13/h13H,4-12H2,1-3H3. The third kappa shape index (κ3) is 4.49. The number of likely N-dealkylation sites (N-methyl/N-ethyl adjacent to an activating group) is 1. The molecular formula is C13H28N2O4Si. The van der Waals surface area contributed by atoms with E-state index in [1.165, 1.54) is 0 Å². The molecule has 2 saturated heterocycles. The van der Waals surface area contributed by atoms with E-state index in [0.29, 0.717) is 6.61 Å². The largest absolute Gasteiger partial charge is 0.500 e. The summed E-state index contributed by atoms with van der Waals surface area (Å²) < 4.78 is 23.1. The van der Waals surface area contributed by atoms with Gasteiger partial charge in [0.2, 0.25) is 0 Å². The van der Waals surface area contributed by atoms with E-state index in [4.69, 9.17) is 18.0 Å². The molecule has 0 aromatic heterocycles. The van der Waals surface area contributed by atoms with Gasteiger partial charge in [0.1, 0.15) is 0 Å². The van der Waals surface area contributed by atoms with Gasteiger partial charge >= 0.3 is 8.80 Å². The van der Waals surface area contributed by atoms with Crippen molar-refractivity contribution >= 4 is 8.80 Å². The lowest BCUT2D eigenvalue weighted by molar-refractivity contribution is -0.0314. The first-order valence-corrected chi connectivity index (χ1v) is 9.37. The number of rotatable bonds is 4. The third-order valence-electron chi connectivity index (χ3n) is 4.10. The minimum Gasteiger partial charge on any atom is -0.379 e. The summed E-state index contributed by atoms with van der Waals surface area (Å²) in [7, 11) is 3.07. The molecule has 0 spiro atoms. The molecule has 2 aliphatic heterocycles. The van der Waals surface area contributed by atoms with Crippen molar-refractivity contribution in [3.05, 3.63) is 0 Å². The second kappa shape index (κ2) is 7.84. The Bertz CT molecular complexity index is 284. The van der Waals surface area contributed by atoms with Gasteiger partial charge in [-0.15, -0.1) is 0 Å². The molecule has 0 radical (unpaired) electrons. The van der Waals surface area contributed by atoms with Crippen LogP contribution in [0.1, 0.15) is 6.42 Å². The van der Waals surface area contributed by atoms with E-state index in [0.717, 1.165) is 51.8 Å². The molecule has 0 N–H and O–H groups in total. The van der Waals surface area contributed by atoms with Crippen LogP contribution in [0.2, 0.25) is 6.04 Å². The molecule has 20 heavy (non-hydrogen) atoms. The maximum atomic E-state index is 6.22. The minimum atomic E-state index is -2.49. The first kappa shape index (κ1) is 16.3. The number of hydrogen-bond acceptors (Lipinski definition) is 6. The number of nitrogens with zero attached hydrogens (tertiary/aromatic N) is 2. The molecule has 1 atom stereocenters. The van der Waals surface area contributed by atoms with Gasteiger partial charge in [-0.25, -0.2) is 0 Å². The molecule has 0 aromatic carbocycles. The Labute approximate surface area is 123 Å². The Balaban J connectivity index is 1.90. The molecule has 118 valence electrons. The topological polar surface area (TPSA) is 43.4 Å². The SMILES string of the molecule is CO[Si]1(OC)CCCOCC(CN2CCN(C)CC2)O1. The maximum absolute atomic E-state index is 6.22. The summed E-state index contributed by atoms with van der Waals surface area (Å²) in [5, 5.41) is 0. The van der Waals surface area contributed by atoms with Crippen molar-refractivity contribution in [1.29, 1.82) is 0 Å². The highest BCUT2D eigenvalue weighted by atomic mass is 28.4. The smallest absolute Gasteiger partial charge is 0.379 e. The molecule has 2 fully saturated rings. The minimum absolute atomic E-state index is 0.0465. The zero-order valence-electron chi connectivity index (χ0n) is 13.0. The van der Waals surface area contributed by atoms with Crippen LogP contribution in [0.5, 0.6) is 0 Å². The van der Waals surface area contributed by atoms with Gasteiger partial charge in [-0.3, -0.25) is 4.90 Å². The van der Waals surface area contributed by atoms with Crippen LogP contribution < -0.4 is 0 Å². The Morgan fingerprint density at radius 3 is 2.50 bits per heavy atom. The van der Waals surface area contributed by atoms with E-state index in [-0.39, 0.29) is 6.10 Å². The Morgan fingerprint density at radius 1 is 1.15 bits per heavy atom. The molecule has 6 nitrogen and oxygen atoms in total. The van der Waals surface area contributed by atoms with Crippen molar-refractivity contribution in [3.8, 4) is 0 Å². The molecule has 1 unspecified atom stereocenters. The van der Waals surface area contributed by atoms with Crippen LogP contribution in [0.25, 0.3) is 0 Å². The second-order valence-corrected chi connectivity index (χ2v) is 8.53. The molecule has 7 heteroatoms. The van der Waals surface area contributed by atoms with Crippen LogP contribution in [0.4, 0.5) is 0 Å². The lowest BCUT2D eigenvalue weighted by Gasteiger charge is -2.38. The van der Waals surface area contributed by atoms with Gasteiger partial charge < -0.3 is 22.9 Å². The van der Waals surface area contributed by atoms with Crippen molar-refractivity contribution in [3.63, 3.8) is 0 Å². The van der Waals surface area contributed by atoms with E-state index in [1.54, 1.807) is 14.2 Å². The van der Waals surface area contributed by atoms with Crippen molar-refractivity contribution < 1.29 is 18.0 Å². The van der Waals surface area contributed by atoms with Gasteiger partial charge in [0, 0.05) is 59.6 Å². The fourth-order valence-electron chi connectivity index (χ4n) is 2.74. The molecule has 0 aliphatic carbocycles. The Hall–Kier alpha value is -0.0231. The maximum Gasteiger partial charge on any atom is 0.500 e. The van der Waals surface area contributed by atoms with E-state index < -0.39 is 8.80 Å². The molecule has 2 heterocycles. The van der Waals surface area contributed by atoms with Gasteiger partial charge in [0.05, 0.1) is 12.7 Å². The molecule has 0 saturated carbocycles. The monoisotopic (exact) mass is 304 g/mol. The zero-order valence-corrected chi connectivity index (χ0v) is 14.0.